The van der Waals surface area contributed by atoms with E-state index in [2.05, 4.69) is 9.72 Å². The normalized spacial score (nSPS) is 17.3. The second-order valence-corrected chi connectivity index (χ2v) is 6.86. The van der Waals surface area contributed by atoms with Crippen molar-refractivity contribution in [3.05, 3.63) is 29.6 Å². The Morgan fingerprint density at radius 1 is 1.25 bits per heavy atom. The van der Waals surface area contributed by atoms with Gasteiger partial charge in [0, 0.05) is 37.7 Å². The average molecular weight is 338 g/mol. The van der Waals surface area contributed by atoms with Crippen LogP contribution in [0.4, 0.5) is 9.18 Å². The Morgan fingerprint density at radius 2 is 1.88 bits per heavy atom. The Hall–Kier alpha value is -2.18. The molecule has 1 aliphatic heterocycles. The van der Waals surface area contributed by atoms with Crippen molar-refractivity contribution in [2.45, 2.75) is 44.9 Å². The number of halogens is 1. The second kappa shape index (κ2) is 6.75. The third-order valence-electron chi connectivity index (χ3n) is 3.88. The summed E-state index contributed by atoms with van der Waals surface area (Å²) in [5, 5.41) is 0. The topological polar surface area (TPSA) is 68.7 Å². The van der Waals surface area contributed by atoms with Crippen LogP contribution in [-0.2, 0) is 15.1 Å². The van der Waals surface area contributed by atoms with Crippen molar-refractivity contribution >= 4 is 12.1 Å². The number of ether oxygens (including phenoxy) is 2. The maximum atomic E-state index is 15.2. The Balaban J connectivity index is 2.01. The molecule has 1 fully saturated rings. The summed E-state index contributed by atoms with van der Waals surface area (Å²) in [5.41, 5.74) is -1.61. The minimum Gasteiger partial charge on any atom is -0.464 e. The van der Waals surface area contributed by atoms with Gasteiger partial charge in [-0.15, -0.1) is 0 Å². The summed E-state index contributed by atoms with van der Waals surface area (Å²) in [7, 11) is 1.26. The molecule has 1 saturated heterocycles. The minimum atomic E-state index is -1.57. The Bertz CT molecular complexity index is 602. The molecule has 6 nitrogen and oxygen atoms in total. The molecule has 0 saturated carbocycles. The van der Waals surface area contributed by atoms with Gasteiger partial charge in [0.1, 0.15) is 17.0 Å². The van der Waals surface area contributed by atoms with Crippen molar-refractivity contribution in [3.8, 4) is 0 Å². The van der Waals surface area contributed by atoms with Crippen molar-refractivity contribution in [1.82, 2.24) is 9.88 Å². The van der Waals surface area contributed by atoms with E-state index in [1.807, 2.05) is 0 Å². The summed E-state index contributed by atoms with van der Waals surface area (Å²) < 4.78 is 25.0. The SMILES string of the molecule is COC(=O)c1ccc(C2(F)CCN(C(=O)OC(C)(C)C)CC2)cn1. The van der Waals surface area contributed by atoms with Crippen molar-refractivity contribution in [3.63, 3.8) is 0 Å². The first-order chi connectivity index (χ1) is 11.1. The van der Waals surface area contributed by atoms with Crippen LogP contribution in [0.25, 0.3) is 0 Å². The molecule has 1 aliphatic rings. The zero-order valence-electron chi connectivity index (χ0n) is 14.5. The van der Waals surface area contributed by atoms with E-state index in [9.17, 15) is 9.59 Å². The molecule has 1 aromatic rings. The Kier molecular flexibility index (Phi) is 5.11. The monoisotopic (exact) mass is 338 g/mol. The fraction of sp³-hybridized carbons (Fsp3) is 0.588. The highest BCUT2D eigenvalue weighted by atomic mass is 19.1. The van der Waals surface area contributed by atoms with Gasteiger partial charge in [-0.1, -0.05) is 6.07 Å². The minimum absolute atomic E-state index is 0.135. The number of likely N-dealkylation sites (tertiary alicyclic amines) is 1. The smallest absolute Gasteiger partial charge is 0.410 e. The molecule has 0 bridgehead atoms. The number of hydrogen-bond donors (Lipinski definition) is 0. The number of amides is 1. The summed E-state index contributed by atoms with van der Waals surface area (Å²) in [4.78, 5) is 28.9. The lowest BCUT2D eigenvalue weighted by Gasteiger charge is -2.37. The average Bonchev–Trinajstić information content (AvgIpc) is 2.53. The van der Waals surface area contributed by atoms with Gasteiger partial charge in [-0.2, -0.15) is 0 Å². The lowest BCUT2D eigenvalue weighted by Crippen LogP contribution is -2.45. The number of alkyl halides is 1. The molecule has 0 unspecified atom stereocenters. The summed E-state index contributed by atoms with van der Waals surface area (Å²) in [6.45, 7) is 5.92. The number of esters is 1. The number of hydrogen-bond acceptors (Lipinski definition) is 5. The molecule has 0 aromatic carbocycles. The van der Waals surface area contributed by atoms with Crippen LogP contribution in [0.15, 0.2) is 18.3 Å². The van der Waals surface area contributed by atoms with Gasteiger partial charge in [0.15, 0.2) is 0 Å². The highest BCUT2D eigenvalue weighted by Gasteiger charge is 2.39. The number of aromatic nitrogens is 1. The van der Waals surface area contributed by atoms with E-state index < -0.39 is 23.3 Å². The van der Waals surface area contributed by atoms with Crippen molar-refractivity contribution in [2.75, 3.05) is 20.2 Å². The molecular formula is C17H23FN2O4. The van der Waals surface area contributed by atoms with E-state index in [-0.39, 0.29) is 31.6 Å². The van der Waals surface area contributed by atoms with Crippen LogP contribution in [0.5, 0.6) is 0 Å². The molecule has 24 heavy (non-hydrogen) atoms. The number of piperidine rings is 1. The van der Waals surface area contributed by atoms with Crippen LogP contribution in [-0.4, -0.2) is 47.7 Å². The maximum absolute atomic E-state index is 15.2. The van der Waals surface area contributed by atoms with E-state index >= 15 is 4.39 Å². The predicted molar refractivity (Wildman–Crippen MR) is 85.4 cm³/mol. The molecule has 132 valence electrons. The van der Waals surface area contributed by atoms with Gasteiger partial charge in [0.2, 0.25) is 0 Å². The van der Waals surface area contributed by atoms with Gasteiger partial charge >= 0.3 is 12.1 Å². The first-order valence-corrected chi connectivity index (χ1v) is 7.86. The number of nitrogens with zero attached hydrogens (tertiary/aromatic N) is 2. The van der Waals surface area contributed by atoms with Crippen LogP contribution in [0.1, 0.15) is 49.7 Å². The lowest BCUT2D eigenvalue weighted by atomic mass is 9.87. The van der Waals surface area contributed by atoms with Gasteiger partial charge < -0.3 is 14.4 Å². The molecule has 1 amide bonds. The third kappa shape index (κ3) is 4.21. The molecule has 2 rings (SSSR count). The van der Waals surface area contributed by atoms with E-state index in [0.717, 1.165) is 0 Å². The highest BCUT2D eigenvalue weighted by Crippen LogP contribution is 2.37. The molecule has 2 heterocycles. The van der Waals surface area contributed by atoms with Gasteiger partial charge in [0.25, 0.3) is 0 Å². The fourth-order valence-electron chi connectivity index (χ4n) is 2.54. The zero-order chi connectivity index (χ0) is 18.0. The van der Waals surface area contributed by atoms with Crippen LogP contribution >= 0.6 is 0 Å². The van der Waals surface area contributed by atoms with Crippen molar-refractivity contribution < 1.29 is 23.5 Å². The van der Waals surface area contributed by atoms with E-state index in [1.165, 1.54) is 24.3 Å². The van der Waals surface area contributed by atoms with Crippen molar-refractivity contribution in [1.29, 1.82) is 0 Å². The molecule has 0 radical (unpaired) electrons. The number of rotatable bonds is 2. The summed E-state index contributed by atoms with van der Waals surface area (Å²) in [5.74, 6) is -0.561. The van der Waals surface area contributed by atoms with Gasteiger partial charge in [-0.3, -0.25) is 0 Å². The molecule has 0 N–H and O–H groups in total. The number of carbonyl (C=O) groups is 2. The first-order valence-electron chi connectivity index (χ1n) is 7.86. The fourth-order valence-corrected chi connectivity index (χ4v) is 2.54. The van der Waals surface area contributed by atoms with Gasteiger partial charge in [0.05, 0.1) is 7.11 Å². The van der Waals surface area contributed by atoms with E-state index in [1.54, 1.807) is 26.8 Å². The molecular weight excluding hydrogens is 315 g/mol. The standard InChI is InChI=1S/C17H23FN2O4/c1-16(2,3)24-15(22)20-9-7-17(18,8-10-20)12-5-6-13(19-11-12)14(21)23-4/h5-6,11H,7-10H2,1-4H3. The largest absolute Gasteiger partial charge is 0.464 e. The molecule has 0 spiro atoms. The van der Waals surface area contributed by atoms with Crippen LogP contribution in [0.3, 0.4) is 0 Å². The quantitative estimate of drug-likeness (QED) is 0.775. The van der Waals surface area contributed by atoms with Crippen LogP contribution < -0.4 is 0 Å². The third-order valence-corrected chi connectivity index (χ3v) is 3.88. The van der Waals surface area contributed by atoms with E-state index in [4.69, 9.17) is 4.74 Å². The first kappa shape index (κ1) is 18.2. The Morgan fingerprint density at radius 3 is 2.33 bits per heavy atom. The van der Waals surface area contributed by atoms with Crippen LogP contribution in [0, 0.1) is 0 Å². The van der Waals surface area contributed by atoms with E-state index in [0.29, 0.717) is 5.56 Å². The second-order valence-electron chi connectivity index (χ2n) is 6.86. The van der Waals surface area contributed by atoms with Crippen LogP contribution in [0.2, 0.25) is 0 Å². The molecule has 7 heteroatoms. The molecule has 0 aliphatic carbocycles. The number of carbonyl (C=O) groups excluding carboxylic acids is 2. The number of methoxy groups -OCH3 is 1. The Labute approximate surface area is 141 Å². The number of pyridine rings is 1. The zero-order valence-corrected chi connectivity index (χ0v) is 14.5. The summed E-state index contributed by atoms with van der Waals surface area (Å²) in [6.07, 6.45) is 1.25. The van der Waals surface area contributed by atoms with Crippen molar-refractivity contribution in [2.24, 2.45) is 0 Å². The summed E-state index contributed by atoms with van der Waals surface area (Å²) >= 11 is 0. The van der Waals surface area contributed by atoms with Gasteiger partial charge in [-0.25, -0.2) is 19.0 Å². The summed E-state index contributed by atoms with van der Waals surface area (Å²) in [6, 6.07) is 2.99. The maximum Gasteiger partial charge on any atom is 0.410 e. The van der Waals surface area contributed by atoms with Gasteiger partial charge in [-0.05, 0) is 26.8 Å². The highest BCUT2D eigenvalue weighted by molar-refractivity contribution is 5.87. The molecule has 1 aromatic heterocycles. The molecule has 0 atom stereocenters. The predicted octanol–water partition coefficient (Wildman–Crippen LogP) is 3.06. The lowest BCUT2D eigenvalue weighted by molar-refractivity contribution is 0.00208.